The molecule has 0 nitrogen and oxygen atoms in total. The van der Waals surface area contributed by atoms with E-state index >= 15 is 0 Å². The third kappa shape index (κ3) is 4.04. The van der Waals surface area contributed by atoms with Crippen molar-refractivity contribution >= 4 is 46.4 Å². The minimum atomic E-state index is -6.00. The molecule has 0 N–H and O–H groups in total. The van der Waals surface area contributed by atoms with E-state index < -0.39 is 27.6 Å². The Balaban J connectivity index is 1.66. The Bertz CT molecular complexity index is 2040. The summed E-state index contributed by atoms with van der Waals surface area (Å²) in [6.07, 6.45) is 4.81. The molecule has 0 saturated carbocycles. The molecule has 6 aromatic carbocycles. The van der Waals surface area contributed by atoms with Crippen molar-refractivity contribution in [3.8, 4) is 0 Å². The molecule has 2 unspecified atom stereocenters. The Kier molecular flexibility index (Phi) is 7.80. The molecule has 0 aliphatic heterocycles. The summed E-state index contributed by atoms with van der Waals surface area (Å²) in [7, 11) is 18.9. The van der Waals surface area contributed by atoms with Gasteiger partial charge in [-0.25, -0.2) is 0 Å². The minimum absolute atomic E-state index is 0.777. The van der Waals surface area contributed by atoms with Crippen LogP contribution in [0.1, 0.15) is 44.5 Å². The van der Waals surface area contributed by atoms with Gasteiger partial charge in [0.05, 0.1) is 0 Å². The van der Waals surface area contributed by atoms with Gasteiger partial charge in [0.15, 0.2) is 0 Å². The molecule has 0 bridgehead atoms. The van der Waals surface area contributed by atoms with Gasteiger partial charge in [-0.3, -0.25) is 0 Å². The van der Waals surface area contributed by atoms with Crippen LogP contribution < -0.4 is 0 Å². The molecule has 6 aromatic rings. The summed E-state index contributed by atoms with van der Waals surface area (Å²) in [5.74, 6) is -2.07. The number of benzene rings is 6. The fourth-order valence-electron chi connectivity index (χ4n) is 9.24. The maximum absolute atomic E-state index is 9.43. The van der Waals surface area contributed by atoms with E-state index in [0.717, 1.165) is 11.1 Å². The molecule has 0 amide bonds. The fraction of sp³-hybridized carbons (Fsp3) is 0.0909. The van der Waals surface area contributed by atoms with Gasteiger partial charge in [0.1, 0.15) is 0 Å². The standard InChI is InChI=1S/2C21H15.C2H7Si.2ClH.Hf/c2*1-3-9-16(10-4-1)20-15-18-13-7-8-14-19(18)21(20)17-11-5-2-6-12-17;1-3-2;;;/h2*1-15H;3H,1-2H3;2*1H;/q;;;;;+2/p-2. The van der Waals surface area contributed by atoms with Crippen LogP contribution in [-0.2, 0) is 21.6 Å². The predicted octanol–water partition coefficient (Wildman–Crippen LogP) is 12.0. The van der Waals surface area contributed by atoms with E-state index in [1.807, 2.05) is 0 Å². The first-order chi connectivity index (χ1) is 23.4. The van der Waals surface area contributed by atoms with E-state index in [2.05, 4.69) is 195 Å². The Hall–Kier alpha value is -3.53. The number of hydrogen-bond acceptors (Lipinski definition) is 0. The van der Waals surface area contributed by atoms with E-state index in [-0.39, 0.29) is 0 Å². The van der Waals surface area contributed by atoms with Gasteiger partial charge < -0.3 is 0 Å². The summed E-state index contributed by atoms with van der Waals surface area (Å²) in [4.78, 5) is 0. The van der Waals surface area contributed by atoms with Crippen molar-refractivity contribution in [1.29, 1.82) is 0 Å². The molecule has 0 spiro atoms. The van der Waals surface area contributed by atoms with Gasteiger partial charge in [0, 0.05) is 0 Å². The summed E-state index contributed by atoms with van der Waals surface area (Å²) in [6, 6.07) is 61.6. The van der Waals surface area contributed by atoms with E-state index in [4.69, 9.17) is 0 Å². The van der Waals surface area contributed by atoms with Gasteiger partial charge in [0.25, 0.3) is 0 Å². The maximum atomic E-state index is 9.43. The molecule has 8 rings (SSSR count). The Morgan fingerprint density at radius 1 is 0.417 bits per heavy atom. The SMILES string of the molecule is C[SiH](C)[Hf]([Cl])([Cl])([C]1(c2ccccc2)C(c2ccccc2)=Cc2ccccc21)[C]1(c2ccccc2)C(c2ccccc2)=Cc2ccccc21. The van der Waals surface area contributed by atoms with Crippen molar-refractivity contribution in [3.05, 3.63) is 214 Å². The predicted molar refractivity (Wildman–Crippen MR) is 207 cm³/mol. The van der Waals surface area contributed by atoms with Crippen LogP contribution in [0.4, 0.5) is 0 Å². The summed E-state index contributed by atoms with van der Waals surface area (Å²) >= 11 is -6.00. The molecule has 2 aliphatic carbocycles. The van der Waals surface area contributed by atoms with E-state index in [1.165, 1.54) is 44.5 Å². The van der Waals surface area contributed by atoms with Gasteiger partial charge in [0.2, 0.25) is 0 Å². The van der Waals surface area contributed by atoms with Gasteiger partial charge in [-0.2, -0.15) is 0 Å². The monoisotopic (exact) mass is 843 g/mol. The summed E-state index contributed by atoms with van der Waals surface area (Å²) in [5, 5.41) is 0. The molecule has 235 valence electrons. The Morgan fingerprint density at radius 3 is 1.08 bits per heavy atom. The fourth-order valence-corrected chi connectivity index (χ4v) is 65.0. The summed E-state index contributed by atoms with van der Waals surface area (Å²) in [5.41, 5.74) is 11.9. The second kappa shape index (κ2) is 11.8. The van der Waals surface area contributed by atoms with E-state index in [0.29, 0.717) is 0 Å². The summed E-state index contributed by atoms with van der Waals surface area (Å²) in [6.45, 7) is 4.89. The van der Waals surface area contributed by atoms with E-state index in [1.54, 1.807) is 0 Å². The molecule has 2 atom stereocenters. The molecule has 4 heteroatoms. The van der Waals surface area contributed by atoms with Crippen LogP contribution in [0, 0.1) is 0 Å². The molecule has 0 heterocycles. The van der Waals surface area contributed by atoms with Crippen LogP contribution >= 0.6 is 17.2 Å². The van der Waals surface area contributed by atoms with Gasteiger partial charge in [-0.1, -0.05) is 0 Å². The average molecular weight is 843 g/mol. The molecule has 0 aromatic heterocycles. The van der Waals surface area contributed by atoms with Crippen LogP contribution in [0.2, 0.25) is 13.1 Å². The zero-order chi connectivity index (χ0) is 33.0. The molecular weight excluding hydrogens is 806 g/mol. The molecular formula is C44H37Cl2HfSi. The van der Waals surface area contributed by atoms with E-state index in [9.17, 15) is 17.2 Å². The van der Waals surface area contributed by atoms with Crippen LogP contribution in [0.3, 0.4) is 0 Å². The first-order valence-corrected chi connectivity index (χ1v) is 38.4. The van der Waals surface area contributed by atoms with Crippen LogP contribution in [0.15, 0.2) is 170 Å². The normalized spacial score (nSPS) is 20.7. The zero-order valence-corrected chi connectivity index (χ0v) is 33.4. The van der Waals surface area contributed by atoms with Crippen molar-refractivity contribution < 1.29 is 15.3 Å². The van der Waals surface area contributed by atoms with Crippen LogP contribution in [-0.4, -0.2) is 5.98 Å². The van der Waals surface area contributed by atoms with Crippen molar-refractivity contribution in [1.82, 2.24) is 0 Å². The number of rotatable bonds is 7. The van der Waals surface area contributed by atoms with Gasteiger partial charge in [-0.05, 0) is 0 Å². The first kappa shape index (κ1) is 31.7. The molecule has 0 fully saturated rings. The Morgan fingerprint density at radius 2 is 0.729 bits per heavy atom. The van der Waals surface area contributed by atoms with Crippen molar-refractivity contribution in [2.24, 2.45) is 0 Å². The summed E-state index contributed by atoms with van der Waals surface area (Å²) < 4.78 is -1.55. The average Bonchev–Trinajstić information content (AvgIpc) is 3.69. The van der Waals surface area contributed by atoms with Gasteiger partial charge in [-0.15, -0.1) is 0 Å². The number of allylic oxidation sites excluding steroid dienone is 2. The number of halogens is 2. The molecule has 2 aliphatic rings. The third-order valence-electron chi connectivity index (χ3n) is 11.1. The first-order valence-electron chi connectivity index (χ1n) is 16.8. The number of fused-ring (bicyclic) bond motifs is 2. The topological polar surface area (TPSA) is 0 Å². The van der Waals surface area contributed by atoms with Crippen molar-refractivity contribution in [2.75, 3.05) is 0 Å². The zero-order valence-electron chi connectivity index (χ0n) is 27.2. The Labute approximate surface area is 293 Å². The molecule has 48 heavy (non-hydrogen) atoms. The van der Waals surface area contributed by atoms with Crippen LogP contribution in [0.5, 0.6) is 0 Å². The van der Waals surface area contributed by atoms with Crippen molar-refractivity contribution in [3.63, 3.8) is 0 Å². The number of hydrogen-bond donors (Lipinski definition) is 0. The molecule has 0 saturated heterocycles. The van der Waals surface area contributed by atoms with Gasteiger partial charge >= 0.3 is 296 Å². The third-order valence-corrected chi connectivity index (χ3v) is 88.6. The second-order valence-electron chi connectivity index (χ2n) is 13.5. The quantitative estimate of drug-likeness (QED) is 0.141. The van der Waals surface area contributed by atoms with Crippen LogP contribution in [0.25, 0.3) is 23.3 Å². The molecule has 0 radical (unpaired) electrons. The second-order valence-corrected chi connectivity index (χ2v) is 71.3. The van der Waals surface area contributed by atoms with Crippen molar-refractivity contribution in [2.45, 2.75) is 19.4 Å².